The number of rotatable bonds is 7. The molecule has 0 radical (unpaired) electrons. The number of aryl methyl sites for hydroxylation is 2. The van der Waals surface area contributed by atoms with Gasteiger partial charge in [-0.3, -0.25) is 9.69 Å². The molecule has 1 rings (SSSR count). The van der Waals surface area contributed by atoms with Crippen LogP contribution < -0.4 is 11.1 Å². The van der Waals surface area contributed by atoms with E-state index in [2.05, 4.69) is 32.2 Å². The largest absolute Gasteiger partial charge is 0.330 e. The summed E-state index contributed by atoms with van der Waals surface area (Å²) >= 11 is 0. The summed E-state index contributed by atoms with van der Waals surface area (Å²) in [5, 5.41) is 3.05. The summed E-state index contributed by atoms with van der Waals surface area (Å²) in [6.07, 6.45) is 0.910. The number of hydrogen-bond donors (Lipinski definition) is 2. The zero-order chi connectivity index (χ0) is 16.0. The van der Waals surface area contributed by atoms with Gasteiger partial charge in [-0.05, 0) is 43.5 Å². The third kappa shape index (κ3) is 6.34. The third-order valence-electron chi connectivity index (χ3n) is 3.67. The maximum Gasteiger partial charge on any atom is 0.238 e. The molecule has 0 aromatic heterocycles. The first-order valence-electron chi connectivity index (χ1n) is 7.56. The van der Waals surface area contributed by atoms with E-state index < -0.39 is 0 Å². The van der Waals surface area contributed by atoms with Gasteiger partial charge in [0.05, 0.1) is 6.54 Å². The summed E-state index contributed by atoms with van der Waals surface area (Å²) in [4.78, 5) is 14.3. The first-order chi connectivity index (χ1) is 9.79. The number of nitrogens with two attached hydrogens (primary N) is 1. The molecular formula is C17H30ClN3O. The lowest BCUT2D eigenvalue weighted by atomic mass is 9.93. The fraction of sp³-hybridized carbons (Fsp3) is 0.588. The van der Waals surface area contributed by atoms with Crippen LogP contribution in [0.3, 0.4) is 0 Å². The first-order valence-corrected chi connectivity index (χ1v) is 7.56. The molecule has 0 heterocycles. The maximum absolute atomic E-state index is 12.2. The second-order valence-corrected chi connectivity index (χ2v) is 6.55. The van der Waals surface area contributed by atoms with Crippen molar-refractivity contribution in [3.63, 3.8) is 0 Å². The van der Waals surface area contributed by atoms with E-state index in [1.807, 2.05) is 31.0 Å². The Balaban J connectivity index is 0.00000441. The van der Waals surface area contributed by atoms with Crippen LogP contribution in [-0.4, -0.2) is 37.5 Å². The van der Waals surface area contributed by atoms with Crippen LogP contribution >= 0.6 is 12.4 Å². The molecule has 0 saturated carbocycles. The molecule has 0 fully saturated rings. The van der Waals surface area contributed by atoms with Crippen molar-refractivity contribution in [1.82, 2.24) is 4.90 Å². The first kappa shape index (κ1) is 20.9. The highest BCUT2D eigenvalue weighted by Gasteiger charge is 2.19. The highest BCUT2D eigenvalue weighted by atomic mass is 35.5. The predicted octanol–water partition coefficient (Wildman–Crippen LogP) is 2.83. The minimum Gasteiger partial charge on any atom is -0.330 e. The molecule has 0 bridgehead atoms. The number of para-hydroxylation sites is 1. The zero-order valence-electron chi connectivity index (χ0n) is 14.4. The van der Waals surface area contributed by atoms with E-state index in [1.54, 1.807) is 0 Å². The lowest BCUT2D eigenvalue weighted by Crippen LogP contribution is -2.40. The summed E-state index contributed by atoms with van der Waals surface area (Å²) in [6.45, 7) is 10.1. The number of hydrogen-bond acceptors (Lipinski definition) is 3. The monoisotopic (exact) mass is 327 g/mol. The Bertz CT molecular complexity index is 489. The Hall–Kier alpha value is -1.10. The van der Waals surface area contributed by atoms with Crippen LogP contribution in [0, 0.1) is 12.3 Å². The van der Waals surface area contributed by atoms with Crippen LogP contribution in [0.2, 0.25) is 0 Å². The summed E-state index contributed by atoms with van der Waals surface area (Å²) in [6, 6.07) is 6.11. The van der Waals surface area contributed by atoms with Crippen LogP contribution in [0.25, 0.3) is 0 Å². The van der Waals surface area contributed by atoms with Gasteiger partial charge in [0, 0.05) is 12.2 Å². The quantitative estimate of drug-likeness (QED) is 0.809. The molecule has 0 aliphatic heterocycles. The van der Waals surface area contributed by atoms with Crippen LogP contribution in [0.4, 0.5) is 5.69 Å². The molecule has 0 aliphatic carbocycles. The lowest BCUT2D eigenvalue weighted by molar-refractivity contribution is -0.117. The van der Waals surface area contributed by atoms with Crippen molar-refractivity contribution in [1.29, 1.82) is 0 Å². The number of carbonyl (C=O) groups excluding carboxylic acids is 1. The van der Waals surface area contributed by atoms with Gasteiger partial charge in [-0.2, -0.15) is 0 Å². The summed E-state index contributed by atoms with van der Waals surface area (Å²) in [5.74, 6) is 0.0225. The zero-order valence-corrected chi connectivity index (χ0v) is 15.2. The molecule has 3 N–H and O–H groups in total. The molecule has 5 heteroatoms. The van der Waals surface area contributed by atoms with Gasteiger partial charge in [-0.15, -0.1) is 12.4 Å². The number of carbonyl (C=O) groups is 1. The molecule has 0 aliphatic rings. The summed E-state index contributed by atoms with van der Waals surface area (Å²) < 4.78 is 0. The topological polar surface area (TPSA) is 58.4 Å². The number of benzene rings is 1. The number of anilines is 1. The van der Waals surface area contributed by atoms with Crippen LogP contribution in [0.5, 0.6) is 0 Å². The van der Waals surface area contributed by atoms with Crippen molar-refractivity contribution in [3.8, 4) is 0 Å². The van der Waals surface area contributed by atoms with Crippen LogP contribution in [-0.2, 0) is 11.2 Å². The van der Waals surface area contributed by atoms with Crippen molar-refractivity contribution >= 4 is 24.0 Å². The molecular weight excluding hydrogens is 298 g/mol. The number of likely N-dealkylation sites (N-methyl/N-ethyl adjacent to an activating group) is 1. The normalized spacial score (nSPS) is 11.2. The number of nitrogens with one attached hydrogen (secondary N) is 1. The molecule has 0 unspecified atom stereocenters. The smallest absolute Gasteiger partial charge is 0.238 e. The van der Waals surface area contributed by atoms with E-state index >= 15 is 0 Å². The second-order valence-electron chi connectivity index (χ2n) is 6.55. The molecule has 1 aromatic rings. The summed E-state index contributed by atoms with van der Waals surface area (Å²) in [5.41, 5.74) is 8.99. The van der Waals surface area contributed by atoms with E-state index in [4.69, 9.17) is 5.73 Å². The number of halogens is 1. The van der Waals surface area contributed by atoms with Gasteiger partial charge in [0.15, 0.2) is 0 Å². The molecule has 22 heavy (non-hydrogen) atoms. The van der Waals surface area contributed by atoms with Gasteiger partial charge >= 0.3 is 0 Å². The van der Waals surface area contributed by atoms with Crippen molar-refractivity contribution < 1.29 is 4.79 Å². The van der Waals surface area contributed by atoms with E-state index in [9.17, 15) is 4.79 Å². The molecule has 4 nitrogen and oxygen atoms in total. The average Bonchev–Trinajstić information content (AvgIpc) is 2.40. The van der Waals surface area contributed by atoms with Gasteiger partial charge in [0.1, 0.15) is 0 Å². The minimum atomic E-state index is 0. The van der Waals surface area contributed by atoms with Gasteiger partial charge < -0.3 is 11.1 Å². The minimum absolute atomic E-state index is 0. The number of amides is 1. The fourth-order valence-corrected chi connectivity index (χ4v) is 2.48. The molecule has 1 amide bonds. The Labute approximate surface area is 140 Å². The second kappa shape index (κ2) is 9.13. The molecule has 0 saturated heterocycles. The van der Waals surface area contributed by atoms with Crippen molar-refractivity contribution in [2.24, 2.45) is 11.1 Å². The van der Waals surface area contributed by atoms with E-state index in [-0.39, 0.29) is 23.7 Å². The Morgan fingerprint density at radius 2 is 2.00 bits per heavy atom. The molecule has 0 atom stereocenters. The van der Waals surface area contributed by atoms with Gasteiger partial charge in [-0.1, -0.05) is 39.0 Å². The van der Waals surface area contributed by atoms with E-state index in [1.165, 1.54) is 5.56 Å². The lowest BCUT2D eigenvalue weighted by Gasteiger charge is -2.28. The highest BCUT2D eigenvalue weighted by Crippen LogP contribution is 2.21. The standard InChI is InChI=1S/C17H29N3O.ClH/c1-6-14-9-7-8-13(2)16(14)19-15(21)10-20(5)12-17(3,4)11-18;/h7-9H,6,10-12,18H2,1-5H3,(H,19,21);1H. The highest BCUT2D eigenvalue weighted by molar-refractivity contribution is 5.93. The van der Waals surface area contributed by atoms with Crippen LogP contribution in [0.15, 0.2) is 18.2 Å². The Morgan fingerprint density at radius 1 is 1.36 bits per heavy atom. The number of nitrogens with zero attached hydrogens (tertiary/aromatic N) is 1. The van der Waals surface area contributed by atoms with Crippen molar-refractivity contribution in [3.05, 3.63) is 29.3 Å². The van der Waals surface area contributed by atoms with Gasteiger partial charge in [-0.25, -0.2) is 0 Å². The molecule has 126 valence electrons. The van der Waals surface area contributed by atoms with E-state index in [0.717, 1.165) is 24.2 Å². The molecule has 1 aromatic carbocycles. The maximum atomic E-state index is 12.2. The SMILES string of the molecule is CCc1cccc(C)c1NC(=O)CN(C)CC(C)(C)CN.Cl. The summed E-state index contributed by atoms with van der Waals surface area (Å²) in [7, 11) is 1.95. The van der Waals surface area contributed by atoms with Crippen molar-refractivity contribution in [2.45, 2.75) is 34.1 Å². The van der Waals surface area contributed by atoms with E-state index in [0.29, 0.717) is 13.1 Å². The third-order valence-corrected chi connectivity index (χ3v) is 3.67. The van der Waals surface area contributed by atoms with Crippen LogP contribution in [0.1, 0.15) is 31.9 Å². The van der Waals surface area contributed by atoms with Gasteiger partial charge in [0.25, 0.3) is 0 Å². The van der Waals surface area contributed by atoms with Crippen molar-refractivity contribution in [2.75, 3.05) is 32.0 Å². The Kier molecular flexibility index (Phi) is 8.68. The average molecular weight is 328 g/mol. The molecule has 0 spiro atoms. The fourth-order valence-electron chi connectivity index (χ4n) is 2.48. The predicted molar refractivity (Wildman–Crippen MR) is 96.8 cm³/mol. The van der Waals surface area contributed by atoms with Gasteiger partial charge in [0.2, 0.25) is 5.91 Å². The Morgan fingerprint density at radius 3 is 2.55 bits per heavy atom.